The summed E-state index contributed by atoms with van der Waals surface area (Å²) in [5, 5.41) is 5.62. The van der Waals surface area contributed by atoms with Crippen LogP contribution < -0.4 is 5.32 Å². The average molecular weight is 325 g/mol. The van der Waals surface area contributed by atoms with Crippen LogP contribution in [0.1, 0.15) is 16.9 Å². The van der Waals surface area contributed by atoms with Gasteiger partial charge in [0.2, 0.25) is 0 Å². The molecule has 0 amide bonds. The summed E-state index contributed by atoms with van der Waals surface area (Å²) in [6, 6.07) is 14.9. The molecule has 0 saturated carbocycles. The van der Waals surface area contributed by atoms with Gasteiger partial charge in [-0.05, 0) is 35.4 Å². The van der Waals surface area contributed by atoms with Crippen LogP contribution in [0.25, 0.3) is 5.57 Å². The number of nitrogens with one attached hydrogen (secondary N) is 1. The molecule has 1 aliphatic heterocycles. The van der Waals surface area contributed by atoms with Crippen molar-refractivity contribution in [2.24, 2.45) is 4.99 Å². The molecule has 3 rings (SSSR count). The standard InChI is InChI=1S/C19H23N3S/c1-20-19(21-12-9-18-8-5-15-23-18)22-13-10-17(11-14-22)16-6-3-2-4-7-16/h2-8,10,15H,9,11-14H2,1H3,(H,20,21). The highest BCUT2D eigenvalue weighted by Gasteiger charge is 2.15. The van der Waals surface area contributed by atoms with Gasteiger partial charge in [0.25, 0.3) is 0 Å². The summed E-state index contributed by atoms with van der Waals surface area (Å²) in [6.07, 6.45) is 4.44. The summed E-state index contributed by atoms with van der Waals surface area (Å²) >= 11 is 1.81. The third-order valence-electron chi connectivity index (χ3n) is 4.10. The van der Waals surface area contributed by atoms with Crippen LogP contribution in [0.15, 0.2) is 58.9 Å². The molecular weight excluding hydrogens is 302 g/mol. The third kappa shape index (κ3) is 4.23. The molecule has 0 atom stereocenters. The number of benzene rings is 1. The molecule has 0 bridgehead atoms. The highest BCUT2D eigenvalue weighted by Crippen LogP contribution is 2.21. The monoisotopic (exact) mass is 325 g/mol. The quantitative estimate of drug-likeness (QED) is 0.686. The first-order valence-electron chi connectivity index (χ1n) is 8.09. The Morgan fingerprint density at radius 1 is 1.22 bits per heavy atom. The van der Waals surface area contributed by atoms with E-state index >= 15 is 0 Å². The summed E-state index contributed by atoms with van der Waals surface area (Å²) < 4.78 is 0. The molecule has 0 unspecified atom stereocenters. The van der Waals surface area contributed by atoms with Gasteiger partial charge in [0, 0.05) is 31.6 Å². The number of aliphatic imine (C=N–C) groups is 1. The average Bonchev–Trinajstić information content (AvgIpc) is 3.13. The van der Waals surface area contributed by atoms with E-state index in [2.05, 4.69) is 69.1 Å². The van der Waals surface area contributed by atoms with Crippen molar-refractivity contribution in [1.29, 1.82) is 0 Å². The molecule has 1 N–H and O–H groups in total. The molecule has 2 aromatic rings. The van der Waals surface area contributed by atoms with E-state index in [1.807, 2.05) is 18.4 Å². The SMILES string of the molecule is CN=C(NCCc1cccs1)N1CC=C(c2ccccc2)CC1. The molecule has 1 aliphatic rings. The highest BCUT2D eigenvalue weighted by molar-refractivity contribution is 7.09. The van der Waals surface area contributed by atoms with Crippen molar-refractivity contribution in [3.63, 3.8) is 0 Å². The number of thiophene rings is 1. The Kier molecular flexibility index (Phi) is 5.48. The van der Waals surface area contributed by atoms with Crippen molar-refractivity contribution >= 4 is 22.9 Å². The maximum absolute atomic E-state index is 4.43. The molecule has 0 radical (unpaired) electrons. The van der Waals surface area contributed by atoms with E-state index in [1.165, 1.54) is 16.0 Å². The van der Waals surface area contributed by atoms with Crippen molar-refractivity contribution in [2.45, 2.75) is 12.8 Å². The Morgan fingerprint density at radius 2 is 2.09 bits per heavy atom. The van der Waals surface area contributed by atoms with Gasteiger partial charge in [-0.25, -0.2) is 0 Å². The minimum atomic E-state index is 0.920. The van der Waals surface area contributed by atoms with Crippen LogP contribution in [-0.4, -0.2) is 37.5 Å². The van der Waals surface area contributed by atoms with Crippen LogP contribution in [0.3, 0.4) is 0 Å². The minimum absolute atomic E-state index is 0.920. The lowest BCUT2D eigenvalue weighted by Crippen LogP contribution is -2.44. The van der Waals surface area contributed by atoms with Crippen molar-refractivity contribution in [1.82, 2.24) is 10.2 Å². The normalized spacial score (nSPS) is 15.4. The van der Waals surface area contributed by atoms with E-state index < -0.39 is 0 Å². The first kappa shape index (κ1) is 15.8. The molecule has 1 aromatic heterocycles. The van der Waals surface area contributed by atoms with Crippen molar-refractivity contribution in [3.8, 4) is 0 Å². The molecule has 120 valence electrons. The minimum Gasteiger partial charge on any atom is -0.356 e. The lowest BCUT2D eigenvalue weighted by atomic mass is 10.00. The van der Waals surface area contributed by atoms with E-state index in [1.54, 1.807) is 0 Å². The predicted octanol–water partition coefficient (Wildman–Crippen LogP) is 3.66. The van der Waals surface area contributed by atoms with E-state index in [0.717, 1.165) is 38.4 Å². The van der Waals surface area contributed by atoms with Crippen LogP contribution in [0.2, 0.25) is 0 Å². The first-order valence-corrected chi connectivity index (χ1v) is 8.97. The predicted molar refractivity (Wildman–Crippen MR) is 100.0 cm³/mol. The molecule has 0 aliphatic carbocycles. The van der Waals surface area contributed by atoms with Gasteiger partial charge in [0.15, 0.2) is 5.96 Å². The van der Waals surface area contributed by atoms with E-state index in [9.17, 15) is 0 Å². The van der Waals surface area contributed by atoms with E-state index in [-0.39, 0.29) is 0 Å². The Balaban J connectivity index is 1.53. The summed E-state index contributed by atoms with van der Waals surface area (Å²) in [6.45, 7) is 2.86. The zero-order valence-corrected chi connectivity index (χ0v) is 14.4. The Labute approximate surface area is 142 Å². The van der Waals surface area contributed by atoms with Crippen LogP contribution in [0.5, 0.6) is 0 Å². The third-order valence-corrected chi connectivity index (χ3v) is 5.04. The lowest BCUT2D eigenvalue weighted by molar-refractivity contribution is 0.440. The summed E-state index contributed by atoms with van der Waals surface area (Å²) in [5.41, 5.74) is 2.78. The molecule has 23 heavy (non-hydrogen) atoms. The second kappa shape index (κ2) is 7.97. The fourth-order valence-electron chi connectivity index (χ4n) is 2.86. The van der Waals surface area contributed by atoms with Gasteiger partial charge in [-0.15, -0.1) is 11.3 Å². The van der Waals surface area contributed by atoms with Crippen molar-refractivity contribution < 1.29 is 0 Å². The van der Waals surface area contributed by atoms with Crippen LogP contribution in [-0.2, 0) is 6.42 Å². The molecule has 0 fully saturated rings. The number of nitrogens with zero attached hydrogens (tertiary/aromatic N) is 2. The fraction of sp³-hybridized carbons (Fsp3) is 0.316. The zero-order valence-electron chi connectivity index (χ0n) is 13.5. The zero-order chi connectivity index (χ0) is 15.9. The molecule has 1 aromatic carbocycles. The smallest absolute Gasteiger partial charge is 0.193 e. The molecule has 0 saturated heterocycles. The summed E-state index contributed by atoms with van der Waals surface area (Å²) in [7, 11) is 1.86. The van der Waals surface area contributed by atoms with Gasteiger partial charge >= 0.3 is 0 Å². The largest absolute Gasteiger partial charge is 0.356 e. The van der Waals surface area contributed by atoms with Crippen LogP contribution in [0, 0.1) is 0 Å². The van der Waals surface area contributed by atoms with Gasteiger partial charge in [-0.1, -0.05) is 42.5 Å². The van der Waals surface area contributed by atoms with Crippen LogP contribution in [0.4, 0.5) is 0 Å². The Bertz CT molecular complexity index is 659. The highest BCUT2D eigenvalue weighted by atomic mass is 32.1. The van der Waals surface area contributed by atoms with Gasteiger partial charge < -0.3 is 10.2 Å². The van der Waals surface area contributed by atoms with Crippen molar-refractivity contribution in [3.05, 3.63) is 64.4 Å². The number of hydrogen-bond acceptors (Lipinski definition) is 2. The van der Waals surface area contributed by atoms with Gasteiger partial charge in [0.1, 0.15) is 0 Å². The second-order valence-electron chi connectivity index (χ2n) is 5.59. The molecule has 0 spiro atoms. The number of rotatable bonds is 4. The van der Waals surface area contributed by atoms with Gasteiger partial charge in [-0.2, -0.15) is 0 Å². The summed E-state index contributed by atoms with van der Waals surface area (Å²) in [4.78, 5) is 8.17. The van der Waals surface area contributed by atoms with E-state index in [4.69, 9.17) is 0 Å². The fourth-order valence-corrected chi connectivity index (χ4v) is 3.57. The Morgan fingerprint density at radius 3 is 2.74 bits per heavy atom. The van der Waals surface area contributed by atoms with E-state index in [0.29, 0.717) is 0 Å². The topological polar surface area (TPSA) is 27.6 Å². The van der Waals surface area contributed by atoms with Crippen LogP contribution >= 0.6 is 11.3 Å². The summed E-state index contributed by atoms with van der Waals surface area (Å²) in [5.74, 6) is 1.00. The molecule has 4 heteroatoms. The molecular formula is C19H23N3S. The maximum atomic E-state index is 4.43. The maximum Gasteiger partial charge on any atom is 0.193 e. The second-order valence-corrected chi connectivity index (χ2v) is 6.63. The number of hydrogen-bond donors (Lipinski definition) is 1. The molecule has 3 nitrogen and oxygen atoms in total. The van der Waals surface area contributed by atoms with Gasteiger partial charge in [-0.3, -0.25) is 4.99 Å². The number of guanidine groups is 1. The first-order chi connectivity index (χ1) is 11.4. The van der Waals surface area contributed by atoms with Crippen molar-refractivity contribution in [2.75, 3.05) is 26.7 Å². The molecule has 2 heterocycles. The lowest BCUT2D eigenvalue weighted by Gasteiger charge is -2.29. The van der Waals surface area contributed by atoms with Gasteiger partial charge in [0.05, 0.1) is 0 Å². The Hall–Kier alpha value is -2.07.